The molecule has 0 saturated heterocycles. The molecule has 0 bridgehead atoms. The molecule has 0 fully saturated rings. The summed E-state index contributed by atoms with van der Waals surface area (Å²) in [4.78, 5) is 12.0. The number of aryl methyl sites for hydroxylation is 1. The first-order valence-electron chi connectivity index (χ1n) is 7.22. The molecule has 0 unspecified atom stereocenters. The van der Waals surface area contributed by atoms with E-state index in [4.69, 9.17) is 0 Å². The Bertz CT molecular complexity index is 660. The number of benzene rings is 2. The molecule has 0 aliphatic heterocycles. The fraction of sp³-hybridized carbons (Fsp3) is 0.278. The molecule has 116 valence electrons. The van der Waals surface area contributed by atoms with Gasteiger partial charge in [-0.05, 0) is 49.1 Å². The average molecular weight is 425 g/mol. The van der Waals surface area contributed by atoms with Crippen molar-refractivity contribution in [3.05, 3.63) is 67.6 Å². The van der Waals surface area contributed by atoms with Crippen LogP contribution in [0.5, 0.6) is 0 Å². The Labute approximate surface area is 148 Å². The van der Waals surface area contributed by atoms with Gasteiger partial charge in [0.05, 0.1) is 6.42 Å². The SMILES string of the molecule is Cc1cccc(CCNC(=O)Cc2cc(Br)c(C)c(Br)c2)c1. The van der Waals surface area contributed by atoms with Gasteiger partial charge in [-0.15, -0.1) is 0 Å². The van der Waals surface area contributed by atoms with Crippen LogP contribution in [-0.4, -0.2) is 12.5 Å². The van der Waals surface area contributed by atoms with Gasteiger partial charge in [0.15, 0.2) is 0 Å². The van der Waals surface area contributed by atoms with Gasteiger partial charge in [0, 0.05) is 15.5 Å². The third-order valence-corrected chi connectivity index (χ3v) is 5.17. The lowest BCUT2D eigenvalue weighted by Crippen LogP contribution is -2.27. The van der Waals surface area contributed by atoms with Crippen molar-refractivity contribution >= 4 is 37.8 Å². The molecule has 0 heterocycles. The molecule has 0 radical (unpaired) electrons. The van der Waals surface area contributed by atoms with Gasteiger partial charge in [0.1, 0.15) is 0 Å². The molecule has 0 atom stereocenters. The van der Waals surface area contributed by atoms with Crippen LogP contribution in [0.25, 0.3) is 0 Å². The first-order chi connectivity index (χ1) is 10.5. The normalized spacial score (nSPS) is 10.5. The van der Waals surface area contributed by atoms with Crippen LogP contribution in [0.3, 0.4) is 0 Å². The maximum Gasteiger partial charge on any atom is 0.224 e. The van der Waals surface area contributed by atoms with E-state index in [0.717, 1.165) is 26.5 Å². The Kier molecular flexibility index (Phi) is 6.21. The fourth-order valence-electron chi connectivity index (χ4n) is 2.26. The van der Waals surface area contributed by atoms with Crippen molar-refractivity contribution in [2.75, 3.05) is 6.54 Å². The van der Waals surface area contributed by atoms with Crippen molar-refractivity contribution in [1.29, 1.82) is 0 Å². The molecular weight excluding hydrogens is 406 g/mol. The Morgan fingerprint density at radius 1 is 1.05 bits per heavy atom. The van der Waals surface area contributed by atoms with Crippen LogP contribution in [0.2, 0.25) is 0 Å². The highest BCUT2D eigenvalue weighted by Gasteiger charge is 2.07. The predicted octanol–water partition coefficient (Wildman–Crippen LogP) is 4.73. The Morgan fingerprint density at radius 2 is 1.73 bits per heavy atom. The lowest BCUT2D eigenvalue weighted by atomic mass is 10.1. The maximum absolute atomic E-state index is 12.0. The van der Waals surface area contributed by atoms with Gasteiger partial charge < -0.3 is 5.32 Å². The minimum atomic E-state index is 0.0512. The van der Waals surface area contributed by atoms with E-state index in [1.807, 2.05) is 25.1 Å². The lowest BCUT2D eigenvalue weighted by Gasteiger charge is -2.08. The second-order valence-electron chi connectivity index (χ2n) is 5.45. The molecule has 1 amide bonds. The molecule has 2 nitrogen and oxygen atoms in total. The van der Waals surface area contributed by atoms with Gasteiger partial charge in [0.25, 0.3) is 0 Å². The monoisotopic (exact) mass is 423 g/mol. The number of rotatable bonds is 5. The van der Waals surface area contributed by atoms with E-state index in [1.54, 1.807) is 0 Å². The van der Waals surface area contributed by atoms with Crippen molar-refractivity contribution in [2.24, 2.45) is 0 Å². The number of nitrogens with one attached hydrogen (secondary N) is 1. The van der Waals surface area contributed by atoms with Gasteiger partial charge >= 0.3 is 0 Å². The number of carbonyl (C=O) groups is 1. The summed E-state index contributed by atoms with van der Waals surface area (Å²) in [5, 5.41) is 2.98. The number of halogens is 2. The summed E-state index contributed by atoms with van der Waals surface area (Å²) in [5.74, 6) is 0.0512. The summed E-state index contributed by atoms with van der Waals surface area (Å²) < 4.78 is 2.04. The minimum Gasteiger partial charge on any atom is -0.355 e. The number of hydrogen-bond donors (Lipinski definition) is 1. The van der Waals surface area contributed by atoms with E-state index in [2.05, 4.69) is 62.3 Å². The van der Waals surface area contributed by atoms with Gasteiger partial charge in [0.2, 0.25) is 5.91 Å². The number of hydrogen-bond acceptors (Lipinski definition) is 1. The van der Waals surface area contributed by atoms with Gasteiger partial charge in [-0.25, -0.2) is 0 Å². The first kappa shape index (κ1) is 17.2. The van der Waals surface area contributed by atoms with Gasteiger partial charge in [-0.2, -0.15) is 0 Å². The second kappa shape index (κ2) is 7.93. The molecular formula is C18H19Br2NO. The van der Waals surface area contributed by atoms with Crippen LogP contribution in [0.15, 0.2) is 45.3 Å². The summed E-state index contributed by atoms with van der Waals surface area (Å²) in [5.41, 5.74) is 4.64. The quantitative estimate of drug-likeness (QED) is 0.738. The standard InChI is InChI=1S/C18H19Br2NO/c1-12-4-3-5-14(8-12)6-7-21-18(22)11-15-9-16(19)13(2)17(20)10-15/h3-5,8-10H,6-7,11H2,1-2H3,(H,21,22). The van der Waals surface area contributed by atoms with E-state index in [1.165, 1.54) is 11.1 Å². The number of amides is 1. The lowest BCUT2D eigenvalue weighted by molar-refractivity contribution is -0.120. The Morgan fingerprint density at radius 3 is 2.36 bits per heavy atom. The van der Waals surface area contributed by atoms with Crippen molar-refractivity contribution in [2.45, 2.75) is 26.7 Å². The van der Waals surface area contributed by atoms with E-state index in [9.17, 15) is 4.79 Å². The van der Waals surface area contributed by atoms with Crippen molar-refractivity contribution in [3.63, 3.8) is 0 Å². The highest BCUT2D eigenvalue weighted by molar-refractivity contribution is 9.11. The predicted molar refractivity (Wildman–Crippen MR) is 98.2 cm³/mol. The fourth-order valence-corrected chi connectivity index (χ4v) is 3.54. The van der Waals surface area contributed by atoms with Crippen LogP contribution in [0.1, 0.15) is 22.3 Å². The summed E-state index contributed by atoms with van der Waals surface area (Å²) in [7, 11) is 0. The van der Waals surface area contributed by atoms with Crippen molar-refractivity contribution < 1.29 is 4.79 Å². The molecule has 4 heteroatoms. The third kappa shape index (κ3) is 4.96. The molecule has 22 heavy (non-hydrogen) atoms. The zero-order chi connectivity index (χ0) is 16.1. The smallest absolute Gasteiger partial charge is 0.224 e. The van der Waals surface area contributed by atoms with Crippen LogP contribution in [0, 0.1) is 13.8 Å². The molecule has 2 aromatic carbocycles. The maximum atomic E-state index is 12.0. The summed E-state index contributed by atoms with van der Waals surface area (Å²) in [6.45, 7) is 4.77. The zero-order valence-corrected chi connectivity index (χ0v) is 15.9. The van der Waals surface area contributed by atoms with Crippen LogP contribution in [-0.2, 0) is 17.6 Å². The molecule has 2 rings (SSSR count). The highest BCUT2D eigenvalue weighted by Crippen LogP contribution is 2.26. The topological polar surface area (TPSA) is 29.1 Å². The molecule has 0 aliphatic rings. The van der Waals surface area contributed by atoms with Crippen molar-refractivity contribution in [3.8, 4) is 0 Å². The van der Waals surface area contributed by atoms with E-state index >= 15 is 0 Å². The molecule has 0 aliphatic carbocycles. The van der Waals surface area contributed by atoms with Gasteiger partial charge in [-0.1, -0.05) is 61.7 Å². The van der Waals surface area contributed by atoms with Crippen LogP contribution < -0.4 is 5.32 Å². The molecule has 2 aromatic rings. The largest absolute Gasteiger partial charge is 0.355 e. The molecule has 0 aromatic heterocycles. The van der Waals surface area contributed by atoms with Gasteiger partial charge in [-0.3, -0.25) is 4.79 Å². The van der Waals surface area contributed by atoms with E-state index < -0.39 is 0 Å². The second-order valence-corrected chi connectivity index (χ2v) is 7.16. The Hall–Kier alpha value is -1.13. The first-order valence-corrected chi connectivity index (χ1v) is 8.81. The summed E-state index contributed by atoms with van der Waals surface area (Å²) in [6.07, 6.45) is 1.25. The van der Waals surface area contributed by atoms with Crippen LogP contribution >= 0.6 is 31.9 Å². The Balaban J connectivity index is 1.86. The molecule has 0 spiro atoms. The van der Waals surface area contributed by atoms with Crippen LogP contribution in [0.4, 0.5) is 0 Å². The van der Waals surface area contributed by atoms with Crippen molar-refractivity contribution in [1.82, 2.24) is 5.32 Å². The summed E-state index contributed by atoms with van der Waals surface area (Å²) in [6, 6.07) is 12.4. The third-order valence-electron chi connectivity index (χ3n) is 3.52. The average Bonchev–Trinajstić information content (AvgIpc) is 2.44. The molecule has 0 saturated carbocycles. The zero-order valence-electron chi connectivity index (χ0n) is 12.7. The minimum absolute atomic E-state index is 0.0512. The van der Waals surface area contributed by atoms with E-state index in [-0.39, 0.29) is 5.91 Å². The van der Waals surface area contributed by atoms with E-state index in [0.29, 0.717) is 13.0 Å². The molecule has 1 N–H and O–H groups in total. The summed E-state index contributed by atoms with van der Waals surface area (Å²) >= 11 is 7.03. The highest BCUT2D eigenvalue weighted by atomic mass is 79.9. The number of carbonyl (C=O) groups excluding carboxylic acids is 1.